The van der Waals surface area contributed by atoms with Crippen molar-refractivity contribution in [3.05, 3.63) is 35.1 Å². The maximum absolute atomic E-state index is 13.6. The number of nitrogens with two attached hydrogens (primary N) is 1. The van der Waals surface area contributed by atoms with E-state index >= 15 is 0 Å². The van der Waals surface area contributed by atoms with E-state index in [0.717, 1.165) is 12.1 Å². The quantitative estimate of drug-likeness (QED) is 0.794. The SMILES string of the molecule is CC1CN(C(=O)c2ccc(F)c(F)c2F)CCC1N. The molecule has 2 atom stereocenters. The summed E-state index contributed by atoms with van der Waals surface area (Å²) < 4.78 is 39.5. The van der Waals surface area contributed by atoms with Crippen molar-refractivity contribution in [3.8, 4) is 0 Å². The summed E-state index contributed by atoms with van der Waals surface area (Å²) in [5.74, 6) is -4.90. The lowest BCUT2D eigenvalue weighted by atomic mass is 9.94. The molecular weight excluding hydrogens is 257 g/mol. The van der Waals surface area contributed by atoms with Crippen LogP contribution in [-0.4, -0.2) is 29.9 Å². The number of hydrogen-bond donors (Lipinski definition) is 1. The molecule has 1 aliphatic rings. The zero-order chi connectivity index (χ0) is 14.2. The Morgan fingerprint density at radius 2 is 2.00 bits per heavy atom. The van der Waals surface area contributed by atoms with E-state index in [4.69, 9.17) is 5.73 Å². The molecule has 1 aliphatic heterocycles. The third-order valence-corrected chi connectivity index (χ3v) is 3.52. The molecule has 19 heavy (non-hydrogen) atoms. The largest absolute Gasteiger partial charge is 0.338 e. The number of carbonyl (C=O) groups excluding carboxylic acids is 1. The van der Waals surface area contributed by atoms with Crippen molar-refractivity contribution in [2.75, 3.05) is 13.1 Å². The summed E-state index contributed by atoms with van der Waals surface area (Å²) in [4.78, 5) is 13.5. The van der Waals surface area contributed by atoms with E-state index in [1.165, 1.54) is 4.90 Å². The first kappa shape index (κ1) is 13.9. The average molecular weight is 272 g/mol. The summed E-state index contributed by atoms with van der Waals surface area (Å²) in [6, 6.07) is 1.72. The Hall–Kier alpha value is -1.56. The fourth-order valence-corrected chi connectivity index (χ4v) is 2.21. The predicted molar refractivity (Wildman–Crippen MR) is 64.0 cm³/mol. The lowest BCUT2D eigenvalue weighted by molar-refractivity contribution is 0.0658. The van der Waals surface area contributed by atoms with Crippen molar-refractivity contribution in [2.45, 2.75) is 19.4 Å². The van der Waals surface area contributed by atoms with Crippen LogP contribution in [0.2, 0.25) is 0 Å². The number of halogens is 3. The molecule has 1 aromatic rings. The van der Waals surface area contributed by atoms with Gasteiger partial charge in [-0.2, -0.15) is 0 Å². The fraction of sp³-hybridized carbons (Fsp3) is 0.462. The Labute approximate surface area is 109 Å². The van der Waals surface area contributed by atoms with Gasteiger partial charge in [0.15, 0.2) is 17.5 Å². The van der Waals surface area contributed by atoms with Gasteiger partial charge in [-0.3, -0.25) is 4.79 Å². The first-order chi connectivity index (χ1) is 8.91. The standard InChI is InChI=1S/C13H15F3N2O/c1-7-6-18(5-4-10(7)17)13(19)8-2-3-9(14)12(16)11(8)15/h2-3,7,10H,4-6,17H2,1H3. The second-order valence-corrected chi connectivity index (χ2v) is 4.90. The van der Waals surface area contributed by atoms with Crippen LogP contribution in [-0.2, 0) is 0 Å². The number of rotatable bonds is 1. The van der Waals surface area contributed by atoms with Crippen LogP contribution >= 0.6 is 0 Å². The van der Waals surface area contributed by atoms with Crippen molar-refractivity contribution in [1.82, 2.24) is 4.90 Å². The summed E-state index contributed by atoms with van der Waals surface area (Å²) in [6.07, 6.45) is 0.609. The van der Waals surface area contributed by atoms with Crippen LogP contribution in [0.3, 0.4) is 0 Å². The summed E-state index contributed by atoms with van der Waals surface area (Å²) in [5.41, 5.74) is 5.39. The molecule has 2 N–H and O–H groups in total. The van der Waals surface area contributed by atoms with Crippen LogP contribution in [0.15, 0.2) is 12.1 Å². The molecular formula is C13H15F3N2O. The molecule has 0 bridgehead atoms. The van der Waals surface area contributed by atoms with Crippen LogP contribution in [0.25, 0.3) is 0 Å². The lowest BCUT2D eigenvalue weighted by Gasteiger charge is -2.35. The highest BCUT2D eigenvalue weighted by Crippen LogP contribution is 2.21. The highest BCUT2D eigenvalue weighted by atomic mass is 19.2. The maximum atomic E-state index is 13.6. The Kier molecular flexibility index (Phi) is 3.80. The molecule has 3 nitrogen and oxygen atoms in total. The molecule has 2 rings (SSSR count). The van der Waals surface area contributed by atoms with E-state index in [-0.39, 0.29) is 12.0 Å². The predicted octanol–water partition coefficient (Wildman–Crippen LogP) is 1.91. The molecule has 0 aliphatic carbocycles. The van der Waals surface area contributed by atoms with Gasteiger partial charge in [-0.1, -0.05) is 6.92 Å². The van der Waals surface area contributed by atoms with Crippen molar-refractivity contribution >= 4 is 5.91 Å². The van der Waals surface area contributed by atoms with E-state index in [2.05, 4.69) is 0 Å². The summed E-state index contributed by atoms with van der Waals surface area (Å²) >= 11 is 0. The number of likely N-dealkylation sites (tertiary alicyclic amines) is 1. The lowest BCUT2D eigenvalue weighted by Crippen LogP contribution is -2.48. The van der Waals surface area contributed by atoms with Gasteiger partial charge in [-0.05, 0) is 24.5 Å². The van der Waals surface area contributed by atoms with Gasteiger partial charge in [0, 0.05) is 19.1 Å². The zero-order valence-electron chi connectivity index (χ0n) is 10.5. The minimum absolute atomic E-state index is 0.00106. The van der Waals surface area contributed by atoms with Crippen LogP contribution in [0.5, 0.6) is 0 Å². The molecule has 1 fully saturated rings. The van der Waals surface area contributed by atoms with Crippen molar-refractivity contribution in [3.63, 3.8) is 0 Å². The van der Waals surface area contributed by atoms with E-state index in [1.807, 2.05) is 6.92 Å². The van der Waals surface area contributed by atoms with Crippen LogP contribution in [0.1, 0.15) is 23.7 Å². The van der Waals surface area contributed by atoms with Gasteiger partial charge in [0.1, 0.15) is 0 Å². The van der Waals surface area contributed by atoms with Gasteiger partial charge in [0.25, 0.3) is 5.91 Å². The molecule has 6 heteroatoms. The Morgan fingerprint density at radius 3 is 2.63 bits per heavy atom. The Morgan fingerprint density at radius 1 is 1.32 bits per heavy atom. The van der Waals surface area contributed by atoms with Gasteiger partial charge in [0.2, 0.25) is 0 Å². The molecule has 1 heterocycles. The Bertz CT molecular complexity index is 507. The summed E-state index contributed by atoms with van der Waals surface area (Å²) in [5, 5.41) is 0. The first-order valence-corrected chi connectivity index (χ1v) is 6.10. The van der Waals surface area contributed by atoms with Gasteiger partial charge in [0.05, 0.1) is 5.56 Å². The van der Waals surface area contributed by atoms with Crippen molar-refractivity contribution in [2.24, 2.45) is 11.7 Å². The van der Waals surface area contributed by atoms with E-state index in [0.29, 0.717) is 19.5 Å². The molecule has 0 aromatic heterocycles. The summed E-state index contributed by atoms with van der Waals surface area (Å²) in [6.45, 7) is 2.67. The topological polar surface area (TPSA) is 46.3 Å². The smallest absolute Gasteiger partial charge is 0.256 e. The number of amides is 1. The molecule has 1 aromatic carbocycles. The number of benzene rings is 1. The minimum atomic E-state index is -1.62. The number of piperidine rings is 1. The molecule has 0 radical (unpaired) electrons. The molecule has 104 valence electrons. The van der Waals surface area contributed by atoms with Gasteiger partial charge < -0.3 is 10.6 Å². The van der Waals surface area contributed by atoms with Gasteiger partial charge in [-0.15, -0.1) is 0 Å². The summed E-state index contributed by atoms with van der Waals surface area (Å²) in [7, 11) is 0. The highest BCUT2D eigenvalue weighted by molar-refractivity contribution is 5.94. The Balaban J connectivity index is 2.23. The number of hydrogen-bond acceptors (Lipinski definition) is 2. The highest BCUT2D eigenvalue weighted by Gasteiger charge is 2.29. The normalized spacial score (nSPS) is 23.5. The van der Waals surface area contributed by atoms with E-state index < -0.39 is 28.9 Å². The fourth-order valence-electron chi connectivity index (χ4n) is 2.21. The zero-order valence-corrected chi connectivity index (χ0v) is 10.5. The average Bonchev–Trinajstić information content (AvgIpc) is 2.39. The van der Waals surface area contributed by atoms with Gasteiger partial charge >= 0.3 is 0 Å². The van der Waals surface area contributed by atoms with Crippen LogP contribution < -0.4 is 5.73 Å². The second-order valence-electron chi connectivity index (χ2n) is 4.90. The van der Waals surface area contributed by atoms with E-state index in [1.54, 1.807) is 0 Å². The second kappa shape index (κ2) is 5.21. The molecule has 2 unspecified atom stereocenters. The van der Waals surface area contributed by atoms with Crippen LogP contribution in [0.4, 0.5) is 13.2 Å². The van der Waals surface area contributed by atoms with Crippen LogP contribution in [0, 0.1) is 23.4 Å². The van der Waals surface area contributed by atoms with E-state index in [9.17, 15) is 18.0 Å². The van der Waals surface area contributed by atoms with Crippen molar-refractivity contribution in [1.29, 1.82) is 0 Å². The third-order valence-electron chi connectivity index (χ3n) is 3.52. The number of carbonyl (C=O) groups is 1. The molecule has 1 amide bonds. The number of nitrogens with zero attached hydrogens (tertiary/aromatic N) is 1. The van der Waals surface area contributed by atoms with Crippen molar-refractivity contribution < 1.29 is 18.0 Å². The minimum Gasteiger partial charge on any atom is -0.338 e. The molecule has 0 saturated carbocycles. The third kappa shape index (κ3) is 2.58. The first-order valence-electron chi connectivity index (χ1n) is 6.10. The maximum Gasteiger partial charge on any atom is 0.256 e. The molecule has 0 spiro atoms. The van der Waals surface area contributed by atoms with Gasteiger partial charge in [-0.25, -0.2) is 13.2 Å². The molecule has 1 saturated heterocycles. The monoisotopic (exact) mass is 272 g/mol.